The van der Waals surface area contributed by atoms with Gasteiger partial charge in [-0.15, -0.1) is 11.3 Å². The van der Waals surface area contributed by atoms with Crippen LogP contribution in [0.1, 0.15) is 43.0 Å². The van der Waals surface area contributed by atoms with Gasteiger partial charge in [-0.2, -0.15) is 0 Å². The van der Waals surface area contributed by atoms with Gasteiger partial charge in [-0.3, -0.25) is 0 Å². The number of aliphatic hydroxyl groups is 1. The van der Waals surface area contributed by atoms with Gasteiger partial charge in [0.05, 0.1) is 16.8 Å². The summed E-state index contributed by atoms with van der Waals surface area (Å²) in [6, 6.07) is 7.85. The van der Waals surface area contributed by atoms with Crippen LogP contribution in [0.2, 0.25) is 0 Å². The second-order valence-electron chi connectivity index (χ2n) is 5.32. The van der Waals surface area contributed by atoms with Gasteiger partial charge in [0, 0.05) is 11.3 Å². The first-order valence-electron chi connectivity index (χ1n) is 6.88. The minimum absolute atomic E-state index is 0.314. The number of thiazole rings is 1. The van der Waals surface area contributed by atoms with E-state index in [9.17, 15) is 5.11 Å². The number of benzene rings is 1. The van der Waals surface area contributed by atoms with Gasteiger partial charge in [0.2, 0.25) is 0 Å². The van der Waals surface area contributed by atoms with Crippen LogP contribution in [-0.2, 0) is 13.0 Å². The summed E-state index contributed by atoms with van der Waals surface area (Å²) in [4.78, 5) is 4.54. The molecule has 0 amide bonds. The largest absolute Gasteiger partial charge is 0.487 e. The molecule has 1 unspecified atom stereocenters. The Balaban J connectivity index is 1.90. The topological polar surface area (TPSA) is 42.4 Å². The van der Waals surface area contributed by atoms with Crippen LogP contribution in [0.15, 0.2) is 29.6 Å². The molecule has 3 nitrogen and oxygen atoms in total. The van der Waals surface area contributed by atoms with Gasteiger partial charge in [0.25, 0.3) is 0 Å². The fourth-order valence-electron chi connectivity index (χ4n) is 1.87. The standard InChI is InChI=1S/C16H21NO2S/c1-11(2)16-17-14(10-20-16)9-19-15-6-4-13(5-7-15)8-12(3)18/h4-7,10-12,18H,8-9H2,1-3H3. The molecule has 0 radical (unpaired) electrons. The van der Waals surface area contributed by atoms with Crippen LogP contribution in [0.4, 0.5) is 0 Å². The quantitative estimate of drug-likeness (QED) is 0.881. The molecule has 20 heavy (non-hydrogen) atoms. The normalized spacial score (nSPS) is 12.7. The predicted octanol–water partition coefficient (Wildman–Crippen LogP) is 3.77. The van der Waals surface area contributed by atoms with Gasteiger partial charge in [-0.05, 0) is 31.0 Å². The highest BCUT2D eigenvalue weighted by molar-refractivity contribution is 7.09. The van der Waals surface area contributed by atoms with E-state index in [1.807, 2.05) is 24.3 Å². The van der Waals surface area contributed by atoms with Crippen molar-refractivity contribution in [3.63, 3.8) is 0 Å². The van der Waals surface area contributed by atoms with Gasteiger partial charge >= 0.3 is 0 Å². The van der Waals surface area contributed by atoms with Crippen LogP contribution >= 0.6 is 11.3 Å². The number of aliphatic hydroxyl groups excluding tert-OH is 1. The Morgan fingerprint density at radius 3 is 2.45 bits per heavy atom. The van der Waals surface area contributed by atoms with Crippen LogP contribution in [0.5, 0.6) is 5.75 Å². The fourth-order valence-corrected chi connectivity index (χ4v) is 2.69. The number of hydrogen-bond acceptors (Lipinski definition) is 4. The third-order valence-electron chi connectivity index (χ3n) is 2.90. The third-order valence-corrected chi connectivity index (χ3v) is 4.10. The Labute approximate surface area is 124 Å². The smallest absolute Gasteiger partial charge is 0.131 e. The molecule has 0 fully saturated rings. The first-order valence-corrected chi connectivity index (χ1v) is 7.76. The molecule has 1 aromatic carbocycles. The van der Waals surface area contributed by atoms with Gasteiger partial charge in [0.1, 0.15) is 12.4 Å². The van der Waals surface area contributed by atoms with Gasteiger partial charge in [-0.25, -0.2) is 4.98 Å². The highest BCUT2D eigenvalue weighted by Crippen LogP contribution is 2.20. The Hall–Kier alpha value is -1.39. The molecule has 0 aliphatic heterocycles. The second kappa shape index (κ2) is 6.86. The number of ether oxygens (including phenoxy) is 1. The van der Waals surface area contributed by atoms with Crippen molar-refractivity contribution in [2.75, 3.05) is 0 Å². The zero-order valence-corrected chi connectivity index (χ0v) is 13.0. The number of nitrogens with zero attached hydrogens (tertiary/aromatic N) is 1. The van der Waals surface area contributed by atoms with E-state index in [2.05, 4.69) is 24.2 Å². The van der Waals surface area contributed by atoms with Crippen molar-refractivity contribution in [1.82, 2.24) is 4.98 Å². The minimum Gasteiger partial charge on any atom is -0.487 e. The Morgan fingerprint density at radius 2 is 1.90 bits per heavy atom. The average Bonchev–Trinajstić information content (AvgIpc) is 2.86. The lowest BCUT2D eigenvalue weighted by Gasteiger charge is -2.07. The van der Waals surface area contributed by atoms with E-state index in [0.29, 0.717) is 18.9 Å². The lowest BCUT2D eigenvalue weighted by atomic mass is 10.1. The van der Waals surface area contributed by atoms with Crippen LogP contribution in [0.3, 0.4) is 0 Å². The summed E-state index contributed by atoms with van der Waals surface area (Å²) in [7, 11) is 0. The summed E-state index contributed by atoms with van der Waals surface area (Å²) < 4.78 is 5.73. The molecule has 0 saturated heterocycles. The maximum absolute atomic E-state index is 9.34. The van der Waals surface area contributed by atoms with Crippen molar-refractivity contribution in [3.8, 4) is 5.75 Å². The van der Waals surface area contributed by atoms with E-state index >= 15 is 0 Å². The van der Waals surface area contributed by atoms with Crippen LogP contribution in [0, 0.1) is 0 Å². The molecule has 1 aromatic heterocycles. The molecule has 2 rings (SSSR count). The van der Waals surface area contributed by atoms with E-state index in [-0.39, 0.29) is 6.10 Å². The number of aromatic nitrogens is 1. The minimum atomic E-state index is -0.314. The Bertz CT molecular complexity index is 532. The molecule has 1 N–H and O–H groups in total. The summed E-state index contributed by atoms with van der Waals surface area (Å²) in [5.41, 5.74) is 2.09. The molecule has 108 valence electrons. The first-order chi connectivity index (χ1) is 9.54. The highest BCUT2D eigenvalue weighted by Gasteiger charge is 2.06. The Morgan fingerprint density at radius 1 is 1.20 bits per heavy atom. The summed E-state index contributed by atoms with van der Waals surface area (Å²) in [6.45, 7) is 6.58. The van der Waals surface area contributed by atoms with E-state index < -0.39 is 0 Å². The van der Waals surface area contributed by atoms with Crippen LogP contribution in [0.25, 0.3) is 0 Å². The van der Waals surface area contributed by atoms with Crippen molar-refractivity contribution in [2.24, 2.45) is 0 Å². The van der Waals surface area contributed by atoms with Crippen LogP contribution < -0.4 is 4.74 Å². The lowest BCUT2D eigenvalue weighted by Crippen LogP contribution is -2.04. The molecule has 0 spiro atoms. The zero-order valence-electron chi connectivity index (χ0n) is 12.2. The van der Waals surface area contributed by atoms with E-state index in [1.165, 1.54) is 0 Å². The molecular weight excluding hydrogens is 270 g/mol. The monoisotopic (exact) mass is 291 g/mol. The molecule has 1 atom stereocenters. The van der Waals surface area contributed by atoms with Gasteiger partial charge in [-0.1, -0.05) is 26.0 Å². The highest BCUT2D eigenvalue weighted by atomic mass is 32.1. The predicted molar refractivity (Wildman–Crippen MR) is 82.4 cm³/mol. The SMILES string of the molecule is CC(O)Cc1ccc(OCc2csc(C(C)C)n2)cc1. The molecule has 0 aliphatic rings. The van der Waals surface area contributed by atoms with Crippen molar-refractivity contribution >= 4 is 11.3 Å². The summed E-state index contributed by atoms with van der Waals surface area (Å²) >= 11 is 1.68. The van der Waals surface area contributed by atoms with Crippen molar-refractivity contribution in [3.05, 3.63) is 45.9 Å². The van der Waals surface area contributed by atoms with Crippen LogP contribution in [-0.4, -0.2) is 16.2 Å². The number of rotatable bonds is 6. The molecule has 4 heteroatoms. The molecule has 0 saturated carbocycles. The molecular formula is C16H21NO2S. The molecule has 0 aliphatic carbocycles. The van der Waals surface area contributed by atoms with E-state index in [0.717, 1.165) is 22.0 Å². The van der Waals surface area contributed by atoms with Crippen molar-refractivity contribution < 1.29 is 9.84 Å². The molecule has 0 bridgehead atoms. The number of hydrogen-bond donors (Lipinski definition) is 1. The average molecular weight is 291 g/mol. The first kappa shape index (κ1) is 15.0. The second-order valence-corrected chi connectivity index (χ2v) is 6.21. The molecule has 2 aromatic rings. The maximum atomic E-state index is 9.34. The summed E-state index contributed by atoms with van der Waals surface area (Å²) in [6.07, 6.45) is 0.357. The summed E-state index contributed by atoms with van der Waals surface area (Å²) in [5, 5.41) is 12.5. The van der Waals surface area contributed by atoms with Crippen molar-refractivity contribution in [2.45, 2.75) is 45.8 Å². The summed E-state index contributed by atoms with van der Waals surface area (Å²) in [5.74, 6) is 1.30. The van der Waals surface area contributed by atoms with Crippen molar-refractivity contribution in [1.29, 1.82) is 0 Å². The third kappa shape index (κ3) is 4.32. The Kier molecular flexibility index (Phi) is 5.15. The fraction of sp³-hybridized carbons (Fsp3) is 0.438. The van der Waals surface area contributed by atoms with Gasteiger partial charge in [0.15, 0.2) is 0 Å². The van der Waals surface area contributed by atoms with E-state index in [1.54, 1.807) is 18.3 Å². The van der Waals surface area contributed by atoms with E-state index in [4.69, 9.17) is 4.74 Å². The van der Waals surface area contributed by atoms with Gasteiger partial charge < -0.3 is 9.84 Å². The molecule has 1 heterocycles. The lowest BCUT2D eigenvalue weighted by molar-refractivity contribution is 0.195. The zero-order chi connectivity index (χ0) is 14.5. The maximum Gasteiger partial charge on any atom is 0.131 e.